The fourth-order valence-electron chi connectivity index (χ4n) is 9.17. The van der Waals surface area contributed by atoms with Gasteiger partial charge in [-0.2, -0.15) is 0 Å². The van der Waals surface area contributed by atoms with Crippen molar-refractivity contribution in [1.82, 2.24) is 0 Å². The molecule has 446 valence electrons. The molecule has 0 aromatic carbocycles. The highest BCUT2D eigenvalue weighted by atomic mass is 16.6. The standard InChI is InChI=1S/C72H122O6/c1-4-7-10-13-16-19-22-25-28-31-32-33-34-35-36-37-38-39-40-42-44-47-50-53-56-59-62-65-71(74)77-68-69(67-76-70(73)64-61-58-55-52-49-46-43-30-27-24-21-18-15-12-9-6-3)78-72(75)66-63-60-57-54-51-48-45-41-29-26-23-20-17-14-11-8-5-2/h7-8,10-11,16-17,19-20,25-26,28-29,32-33,35-36,38-39,69H,4-6,9,12-15,18,21-24,27,30-31,34,37,40-68H2,1-3H3/b10-7-,11-8-,19-16-,20-17-,28-25-,29-26-,33-32-,36-35-,39-38-. The monoisotopic (exact) mass is 1080 g/mol. The number of allylic oxidation sites excluding steroid dienone is 18. The molecule has 0 aliphatic carbocycles. The zero-order chi connectivity index (χ0) is 56.4. The third-order valence-electron chi connectivity index (χ3n) is 14.0. The van der Waals surface area contributed by atoms with E-state index < -0.39 is 6.10 Å². The Bertz CT molecular complexity index is 1570. The van der Waals surface area contributed by atoms with Crippen molar-refractivity contribution in [3.05, 3.63) is 109 Å². The molecule has 1 atom stereocenters. The van der Waals surface area contributed by atoms with Gasteiger partial charge in [0.05, 0.1) is 0 Å². The van der Waals surface area contributed by atoms with Crippen LogP contribution in [-0.4, -0.2) is 37.2 Å². The quantitative estimate of drug-likeness (QED) is 0.0261. The molecule has 0 spiro atoms. The highest BCUT2D eigenvalue weighted by Gasteiger charge is 2.19. The number of carbonyl (C=O) groups excluding carboxylic acids is 3. The van der Waals surface area contributed by atoms with Gasteiger partial charge in [0.2, 0.25) is 0 Å². The van der Waals surface area contributed by atoms with Gasteiger partial charge in [-0.15, -0.1) is 0 Å². The first-order valence-corrected chi connectivity index (χ1v) is 32.9. The molecule has 0 aliphatic rings. The van der Waals surface area contributed by atoms with Crippen LogP contribution in [0.1, 0.15) is 310 Å². The maximum atomic E-state index is 12.9. The first kappa shape index (κ1) is 74.1. The highest BCUT2D eigenvalue weighted by Crippen LogP contribution is 2.17. The highest BCUT2D eigenvalue weighted by molar-refractivity contribution is 5.71. The van der Waals surface area contributed by atoms with Crippen molar-refractivity contribution in [3.63, 3.8) is 0 Å². The lowest BCUT2D eigenvalue weighted by Crippen LogP contribution is -2.30. The molecular formula is C72H122O6. The second-order valence-electron chi connectivity index (χ2n) is 21.6. The van der Waals surface area contributed by atoms with Crippen molar-refractivity contribution in [3.8, 4) is 0 Å². The smallest absolute Gasteiger partial charge is 0.306 e. The number of rotatable bonds is 59. The maximum absolute atomic E-state index is 12.9. The SMILES string of the molecule is CC/C=C\C/C=C\C/C=C\C/C=C\C/C=C\C/C=C\CCCCCCCCCCC(=O)OCC(COC(=O)CCCCCCCCCCCCCCCCCC)OC(=O)CCCCCCCCC/C=C\C/C=C\C/C=C\CC. The van der Waals surface area contributed by atoms with Crippen LogP contribution in [0, 0.1) is 0 Å². The Hall–Kier alpha value is -3.93. The van der Waals surface area contributed by atoms with Gasteiger partial charge < -0.3 is 14.2 Å². The number of ether oxygens (including phenoxy) is 3. The molecule has 0 fully saturated rings. The van der Waals surface area contributed by atoms with E-state index in [0.29, 0.717) is 19.3 Å². The molecular weight excluding hydrogens is 961 g/mol. The number of hydrogen-bond donors (Lipinski definition) is 0. The van der Waals surface area contributed by atoms with Crippen molar-refractivity contribution < 1.29 is 28.6 Å². The Labute approximate surface area is 482 Å². The van der Waals surface area contributed by atoms with Crippen molar-refractivity contribution in [2.45, 2.75) is 316 Å². The fourth-order valence-corrected chi connectivity index (χ4v) is 9.17. The first-order chi connectivity index (χ1) is 38.5. The van der Waals surface area contributed by atoms with Gasteiger partial charge in [0, 0.05) is 19.3 Å². The normalized spacial score (nSPS) is 12.8. The van der Waals surface area contributed by atoms with Gasteiger partial charge in [-0.3, -0.25) is 14.4 Å². The molecule has 0 heterocycles. The molecule has 0 amide bonds. The summed E-state index contributed by atoms with van der Waals surface area (Å²) >= 11 is 0. The lowest BCUT2D eigenvalue weighted by Gasteiger charge is -2.18. The summed E-state index contributed by atoms with van der Waals surface area (Å²) in [5, 5.41) is 0. The van der Waals surface area contributed by atoms with Gasteiger partial charge in [0.1, 0.15) is 13.2 Å². The van der Waals surface area contributed by atoms with Crippen LogP contribution in [0.4, 0.5) is 0 Å². The molecule has 0 saturated heterocycles. The lowest BCUT2D eigenvalue weighted by molar-refractivity contribution is -0.167. The van der Waals surface area contributed by atoms with Gasteiger partial charge in [0.25, 0.3) is 0 Å². The van der Waals surface area contributed by atoms with Gasteiger partial charge >= 0.3 is 17.9 Å². The predicted octanol–water partition coefficient (Wildman–Crippen LogP) is 22.6. The Morgan fingerprint density at radius 2 is 0.500 bits per heavy atom. The van der Waals surface area contributed by atoms with Gasteiger partial charge in [-0.25, -0.2) is 0 Å². The largest absolute Gasteiger partial charge is 0.462 e. The number of esters is 3. The Morgan fingerprint density at radius 3 is 0.782 bits per heavy atom. The summed E-state index contributed by atoms with van der Waals surface area (Å²) in [6.07, 6.45) is 89.5. The molecule has 0 aromatic heterocycles. The van der Waals surface area contributed by atoms with E-state index in [-0.39, 0.29) is 31.1 Å². The van der Waals surface area contributed by atoms with E-state index in [4.69, 9.17) is 14.2 Å². The van der Waals surface area contributed by atoms with Crippen LogP contribution >= 0.6 is 0 Å². The van der Waals surface area contributed by atoms with Crippen LogP contribution in [0.25, 0.3) is 0 Å². The van der Waals surface area contributed by atoms with Crippen molar-refractivity contribution >= 4 is 17.9 Å². The summed E-state index contributed by atoms with van der Waals surface area (Å²) in [5.41, 5.74) is 0. The Morgan fingerprint density at radius 1 is 0.269 bits per heavy atom. The van der Waals surface area contributed by atoms with Gasteiger partial charge in [-0.05, 0) is 103 Å². The molecule has 6 nitrogen and oxygen atoms in total. The molecule has 6 heteroatoms. The van der Waals surface area contributed by atoms with Crippen LogP contribution in [0.2, 0.25) is 0 Å². The number of hydrogen-bond acceptors (Lipinski definition) is 6. The summed E-state index contributed by atoms with van der Waals surface area (Å²) in [7, 11) is 0. The molecule has 78 heavy (non-hydrogen) atoms. The van der Waals surface area contributed by atoms with E-state index in [0.717, 1.165) is 128 Å². The van der Waals surface area contributed by atoms with E-state index in [1.807, 2.05) is 0 Å². The third kappa shape index (κ3) is 62.9. The van der Waals surface area contributed by atoms with Gasteiger partial charge in [-0.1, -0.05) is 297 Å². The summed E-state index contributed by atoms with van der Waals surface area (Å²) in [4.78, 5) is 38.4. The maximum Gasteiger partial charge on any atom is 0.306 e. The van der Waals surface area contributed by atoms with Crippen molar-refractivity contribution in [2.75, 3.05) is 13.2 Å². The molecule has 0 aliphatic heterocycles. The van der Waals surface area contributed by atoms with Crippen molar-refractivity contribution in [2.24, 2.45) is 0 Å². The molecule has 0 aromatic rings. The molecule has 0 radical (unpaired) electrons. The van der Waals surface area contributed by atoms with E-state index in [1.165, 1.54) is 141 Å². The minimum atomic E-state index is -0.788. The second-order valence-corrected chi connectivity index (χ2v) is 21.6. The van der Waals surface area contributed by atoms with E-state index in [9.17, 15) is 14.4 Å². The average molecular weight is 1080 g/mol. The summed E-state index contributed by atoms with van der Waals surface area (Å²) in [5.74, 6) is -0.890. The summed E-state index contributed by atoms with van der Waals surface area (Å²) in [6.45, 7) is 6.43. The number of carbonyl (C=O) groups is 3. The van der Waals surface area contributed by atoms with E-state index >= 15 is 0 Å². The molecule has 0 rings (SSSR count). The first-order valence-electron chi connectivity index (χ1n) is 32.9. The minimum absolute atomic E-state index is 0.0827. The van der Waals surface area contributed by atoms with E-state index in [2.05, 4.69) is 130 Å². The molecule has 0 saturated carbocycles. The zero-order valence-electron chi connectivity index (χ0n) is 51.2. The zero-order valence-corrected chi connectivity index (χ0v) is 51.2. The summed E-state index contributed by atoms with van der Waals surface area (Å²) < 4.78 is 16.9. The fraction of sp³-hybridized carbons (Fsp3) is 0.708. The van der Waals surface area contributed by atoms with Crippen molar-refractivity contribution in [1.29, 1.82) is 0 Å². The molecule has 1 unspecified atom stereocenters. The van der Waals surface area contributed by atoms with Crippen LogP contribution in [0.5, 0.6) is 0 Å². The van der Waals surface area contributed by atoms with Crippen LogP contribution in [-0.2, 0) is 28.6 Å². The minimum Gasteiger partial charge on any atom is -0.462 e. The Kier molecular flexibility index (Phi) is 62.3. The second kappa shape index (κ2) is 65.6. The summed E-state index contributed by atoms with van der Waals surface area (Å²) in [6, 6.07) is 0. The topological polar surface area (TPSA) is 78.9 Å². The van der Waals surface area contributed by atoms with Gasteiger partial charge in [0.15, 0.2) is 6.10 Å². The van der Waals surface area contributed by atoms with Crippen LogP contribution in [0.3, 0.4) is 0 Å². The lowest BCUT2D eigenvalue weighted by atomic mass is 10.0. The Balaban J connectivity index is 4.36. The predicted molar refractivity (Wildman–Crippen MR) is 339 cm³/mol. The third-order valence-corrected chi connectivity index (χ3v) is 14.0. The van der Waals surface area contributed by atoms with E-state index in [1.54, 1.807) is 0 Å². The van der Waals surface area contributed by atoms with Crippen LogP contribution in [0.15, 0.2) is 109 Å². The number of unbranched alkanes of at least 4 members (excludes halogenated alkanes) is 30. The average Bonchev–Trinajstić information content (AvgIpc) is 3.44. The molecule has 0 N–H and O–H groups in total. The van der Waals surface area contributed by atoms with Crippen LogP contribution < -0.4 is 0 Å². The molecule has 0 bridgehead atoms.